The number of aromatic nitrogens is 2. The van der Waals surface area contributed by atoms with Crippen LogP contribution >= 0.6 is 22.9 Å². The van der Waals surface area contributed by atoms with Crippen LogP contribution < -0.4 is 11.2 Å². The molecule has 36 heavy (non-hydrogen) atoms. The van der Waals surface area contributed by atoms with Crippen molar-refractivity contribution < 1.29 is 9.53 Å². The second-order valence-corrected chi connectivity index (χ2v) is 10.2. The molecule has 9 heteroatoms. The Bertz CT molecular complexity index is 1550. The Morgan fingerprint density at radius 3 is 2.39 bits per heavy atom. The van der Waals surface area contributed by atoms with E-state index in [4.69, 9.17) is 16.3 Å². The average Bonchev–Trinajstić information content (AvgIpc) is 3.27. The van der Waals surface area contributed by atoms with Crippen molar-refractivity contribution in [2.45, 2.75) is 39.8 Å². The molecule has 0 aliphatic carbocycles. The first-order chi connectivity index (χ1) is 17.4. The van der Waals surface area contributed by atoms with E-state index >= 15 is 0 Å². The molecule has 186 valence electrons. The van der Waals surface area contributed by atoms with E-state index in [1.54, 1.807) is 28.5 Å². The molecule has 0 unspecified atom stereocenters. The van der Waals surface area contributed by atoms with Crippen LogP contribution in [0.1, 0.15) is 35.4 Å². The zero-order chi connectivity index (χ0) is 25.4. The average molecular weight is 524 g/mol. The van der Waals surface area contributed by atoms with Crippen LogP contribution in [0, 0.1) is 0 Å². The number of rotatable bonds is 5. The van der Waals surface area contributed by atoms with E-state index in [1.807, 2.05) is 36.4 Å². The van der Waals surface area contributed by atoms with E-state index < -0.39 is 5.69 Å². The highest BCUT2D eigenvalue weighted by atomic mass is 35.5. The van der Waals surface area contributed by atoms with E-state index in [2.05, 4.69) is 6.92 Å². The Morgan fingerprint density at radius 1 is 1.03 bits per heavy atom. The normalized spacial score (nSPS) is 13.1. The van der Waals surface area contributed by atoms with Gasteiger partial charge in [-0.15, -0.1) is 11.3 Å². The SMILES string of the molecule is CCOC(=O)N1CCc2c(sc3c2c(=O)n(-c2ccc(CC)cc2)c(=O)n3Cc2ccc(Cl)cc2)C1. The number of carbonyl (C=O) groups excluding carboxylic acids is 1. The molecular weight excluding hydrogens is 498 g/mol. The molecule has 2 aromatic carbocycles. The van der Waals surface area contributed by atoms with Gasteiger partial charge in [-0.25, -0.2) is 14.2 Å². The second kappa shape index (κ2) is 9.95. The highest BCUT2D eigenvalue weighted by Crippen LogP contribution is 2.33. The predicted molar refractivity (Wildman–Crippen MR) is 143 cm³/mol. The van der Waals surface area contributed by atoms with Gasteiger partial charge < -0.3 is 9.64 Å². The third-order valence-electron chi connectivity index (χ3n) is 6.51. The predicted octanol–water partition coefficient (Wildman–Crippen LogP) is 4.99. The zero-order valence-corrected chi connectivity index (χ0v) is 21.7. The molecule has 0 fully saturated rings. The molecule has 1 aliphatic rings. The summed E-state index contributed by atoms with van der Waals surface area (Å²) >= 11 is 7.47. The van der Waals surface area contributed by atoms with Crippen LogP contribution in [-0.2, 0) is 30.7 Å². The van der Waals surface area contributed by atoms with Crippen molar-refractivity contribution in [2.24, 2.45) is 0 Å². The van der Waals surface area contributed by atoms with Crippen molar-refractivity contribution in [3.63, 3.8) is 0 Å². The maximum atomic E-state index is 13.8. The molecule has 3 heterocycles. The molecule has 1 aliphatic heterocycles. The minimum atomic E-state index is -0.396. The number of ether oxygens (including phenoxy) is 1. The number of thiophene rings is 1. The molecular formula is C27H26ClN3O4S. The van der Waals surface area contributed by atoms with Gasteiger partial charge in [0.05, 0.1) is 30.8 Å². The van der Waals surface area contributed by atoms with Crippen LogP contribution in [0.25, 0.3) is 15.9 Å². The molecule has 0 saturated heterocycles. The first-order valence-electron chi connectivity index (χ1n) is 12.0. The van der Waals surface area contributed by atoms with Crippen LogP contribution in [0.2, 0.25) is 5.02 Å². The third-order valence-corrected chi connectivity index (χ3v) is 8.00. The Kier molecular flexibility index (Phi) is 6.73. The highest BCUT2D eigenvalue weighted by Gasteiger charge is 2.29. The van der Waals surface area contributed by atoms with Crippen molar-refractivity contribution in [1.29, 1.82) is 0 Å². The summed E-state index contributed by atoms with van der Waals surface area (Å²) in [5.41, 5.74) is 2.75. The van der Waals surface area contributed by atoms with Crippen molar-refractivity contribution >= 4 is 39.2 Å². The molecule has 2 aromatic heterocycles. The molecule has 4 aromatic rings. The minimum Gasteiger partial charge on any atom is -0.450 e. The Balaban J connectivity index is 1.71. The lowest BCUT2D eigenvalue weighted by Crippen LogP contribution is -2.39. The molecule has 0 saturated carbocycles. The summed E-state index contributed by atoms with van der Waals surface area (Å²) in [5, 5.41) is 1.16. The number of fused-ring (bicyclic) bond motifs is 3. The summed E-state index contributed by atoms with van der Waals surface area (Å²) in [7, 11) is 0. The first-order valence-corrected chi connectivity index (χ1v) is 13.2. The molecule has 0 N–H and O–H groups in total. The maximum absolute atomic E-state index is 13.8. The summed E-state index contributed by atoms with van der Waals surface area (Å²) in [6.07, 6.45) is 1.02. The quantitative estimate of drug-likeness (QED) is 0.369. The Morgan fingerprint density at radius 2 is 1.72 bits per heavy atom. The fourth-order valence-corrected chi connectivity index (χ4v) is 6.07. The zero-order valence-electron chi connectivity index (χ0n) is 20.1. The van der Waals surface area contributed by atoms with Gasteiger partial charge in [0.2, 0.25) is 0 Å². The van der Waals surface area contributed by atoms with Crippen LogP contribution in [-0.4, -0.2) is 33.3 Å². The van der Waals surface area contributed by atoms with Crippen LogP contribution in [0.4, 0.5) is 4.79 Å². The Labute approximate surface area is 217 Å². The monoisotopic (exact) mass is 523 g/mol. The number of hydrogen-bond acceptors (Lipinski definition) is 5. The molecule has 7 nitrogen and oxygen atoms in total. The van der Waals surface area contributed by atoms with Gasteiger partial charge in [-0.1, -0.05) is 42.8 Å². The number of carbonyl (C=O) groups is 1. The lowest BCUT2D eigenvalue weighted by molar-refractivity contribution is 0.103. The number of hydrogen-bond donors (Lipinski definition) is 0. The van der Waals surface area contributed by atoms with E-state index in [0.29, 0.717) is 53.6 Å². The molecule has 0 bridgehead atoms. The Hall–Kier alpha value is -3.36. The topological polar surface area (TPSA) is 73.5 Å². The van der Waals surface area contributed by atoms with Gasteiger partial charge in [-0.05, 0) is 60.7 Å². The first kappa shape index (κ1) is 24.3. The molecule has 1 amide bonds. The number of nitrogens with zero attached hydrogens (tertiary/aromatic N) is 3. The fraction of sp³-hybridized carbons (Fsp3) is 0.296. The van der Waals surface area contributed by atoms with Crippen LogP contribution in [0.3, 0.4) is 0 Å². The maximum Gasteiger partial charge on any atom is 0.410 e. The summed E-state index contributed by atoms with van der Waals surface area (Å²) in [6.45, 7) is 5.24. The van der Waals surface area contributed by atoms with Gasteiger partial charge in [0.15, 0.2) is 0 Å². The number of amides is 1. The summed E-state index contributed by atoms with van der Waals surface area (Å²) in [4.78, 5) is 43.2. The van der Waals surface area contributed by atoms with Gasteiger partial charge in [-0.2, -0.15) is 0 Å². The lowest BCUT2D eigenvalue weighted by Gasteiger charge is -2.25. The number of halogens is 1. The van der Waals surface area contributed by atoms with Crippen LogP contribution in [0.5, 0.6) is 0 Å². The van der Waals surface area contributed by atoms with Crippen molar-refractivity contribution in [3.8, 4) is 5.69 Å². The van der Waals surface area contributed by atoms with Gasteiger partial charge in [-0.3, -0.25) is 9.36 Å². The standard InChI is InChI=1S/C27H26ClN3O4S/c1-3-17-7-11-20(12-8-17)31-24(32)23-21-13-14-29(27(34)35-4-2)16-22(21)36-25(23)30(26(31)33)15-18-5-9-19(28)10-6-18/h5-12H,3-4,13-16H2,1-2H3. The van der Waals surface area contributed by atoms with E-state index in [9.17, 15) is 14.4 Å². The molecule has 0 atom stereocenters. The fourth-order valence-electron chi connectivity index (χ4n) is 4.60. The smallest absolute Gasteiger partial charge is 0.410 e. The molecule has 0 radical (unpaired) electrons. The third kappa shape index (κ3) is 4.35. The summed E-state index contributed by atoms with van der Waals surface area (Å²) in [5.74, 6) is 0. The van der Waals surface area contributed by atoms with Crippen molar-refractivity contribution in [3.05, 3.63) is 96.0 Å². The van der Waals surface area contributed by atoms with Crippen molar-refractivity contribution in [2.75, 3.05) is 13.2 Å². The molecule has 5 rings (SSSR count). The van der Waals surface area contributed by atoms with E-state index in [-0.39, 0.29) is 11.7 Å². The van der Waals surface area contributed by atoms with E-state index in [1.165, 1.54) is 15.9 Å². The lowest BCUT2D eigenvalue weighted by atomic mass is 10.1. The van der Waals surface area contributed by atoms with Crippen molar-refractivity contribution in [1.82, 2.24) is 14.0 Å². The van der Waals surface area contributed by atoms with Crippen LogP contribution in [0.15, 0.2) is 58.1 Å². The number of benzene rings is 2. The highest BCUT2D eigenvalue weighted by molar-refractivity contribution is 7.18. The van der Waals surface area contributed by atoms with E-state index in [0.717, 1.165) is 28.0 Å². The summed E-state index contributed by atoms with van der Waals surface area (Å²) in [6, 6.07) is 14.8. The van der Waals surface area contributed by atoms with Gasteiger partial charge >= 0.3 is 11.8 Å². The minimum absolute atomic E-state index is 0.292. The molecule has 0 spiro atoms. The van der Waals surface area contributed by atoms with Gasteiger partial charge in [0.25, 0.3) is 5.56 Å². The largest absolute Gasteiger partial charge is 0.450 e. The van der Waals surface area contributed by atoms with Gasteiger partial charge in [0, 0.05) is 16.4 Å². The summed E-state index contributed by atoms with van der Waals surface area (Å²) < 4.78 is 8.11. The number of aryl methyl sites for hydroxylation is 1. The second-order valence-electron chi connectivity index (χ2n) is 8.71. The van der Waals surface area contributed by atoms with Gasteiger partial charge in [0.1, 0.15) is 4.83 Å².